The van der Waals surface area contributed by atoms with Gasteiger partial charge >= 0.3 is 0 Å². The Kier molecular flexibility index (Phi) is 6.29. The summed E-state index contributed by atoms with van der Waals surface area (Å²) in [5.41, 5.74) is 0. The second-order valence-electron chi connectivity index (χ2n) is 3.86. The van der Waals surface area contributed by atoms with E-state index in [1.165, 1.54) is 4.90 Å². The Morgan fingerprint density at radius 2 is 2.00 bits per heavy atom. The largest absolute Gasteiger partial charge is 0.383 e. The Morgan fingerprint density at radius 3 is 2.79 bits per heavy atom. The monoisotopic (exact) mass is 295 g/mol. The normalized spacial score (nSPS) is 10.8. The minimum Gasteiger partial charge on any atom is -0.383 e. The number of hydrogen-bond acceptors (Lipinski definition) is 6. The van der Waals surface area contributed by atoms with Gasteiger partial charge in [0.25, 0.3) is 0 Å². The first kappa shape index (κ1) is 14.5. The molecule has 19 heavy (non-hydrogen) atoms. The minimum absolute atomic E-state index is 0.718. The lowest BCUT2D eigenvalue weighted by molar-refractivity contribution is 0.199. The first-order chi connectivity index (χ1) is 9.38. The topological polar surface area (TPSA) is 47.0 Å². The smallest absolute Gasteiger partial charge is 0.131 e. The molecule has 2 aromatic rings. The fourth-order valence-electron chi connectivity index (χ4n) is 1.45. The number of thioether (sulfide) groups is 1. The first-order valence-electron chi connectivity index (χ1n) is 6.07. The molecule has 1 heterocycles. The van der Waals surface area contributed by atoms with Gasteiger partial charge in [0.15, 0.2) is 0 Å². The zero-order valence-electron chi connectivity index (χ0n) is 10.8. The highest BCUT2D eigenvalue weighted by Gasteiger charge is 2.04. The molecule has 0 unspecified atom stereocenters. The lowest BCUT2D eigenvalue weighted by atomic mass is 10.4. The summed E-state index contributed by atoms with van der Waals surface area (Å²) in [5, 5.41) is 13.7. The molecule has 6 heteroatoms. The third-order valence-corrected chi connectivity index (χ3v) is 4.50. The van der Waals surface area contributed by atoms with Gasteiger partial charge in [-0.15, -0.1) is 22.0 Å². The van der Waals surface area contributed by atoms with E-state index in [4.69, 9.17) is 4.74 Å². The van der Waals surface area contributed by atoms with Crippen molar-refractivity contribution in [3.63, 3.8) is 0 Å². The molecule has 0 saturated carbocycles. The van der Waals surface area contributed by atoms with Crippen molar-refractivity contribution in [1.82, 2.24) is 15.5 Å². The van der Waals surface area contributed by atoms with Gasteiger partial charge in [0.05, 0.1) is 12.4 Å². The fraction of sp³-hybridized carbons (Fsp3) is 0.385. The van der Waals surface area contributed by atoms with E-state index in [1.807, 2.05) is 18.2 Å². The van der Waals surface area contributed by atoms with Gasteiger partial charge in [-0.05, 0) is 12.1 Å². The van der Waals surface area contributed by atoms with Gasteiger partial charge in [-0.1, -0.05) is 29.5 Å². The molecule has 0 bridgehead atoms. The predicted molar refractivity (Wildman–Crippen MR) is 79.5 cm³/mol. The van der Waals surface area contributed by atoms with Gasteiger partial charge in [0, 0.05) is 25.1 Å². The highest BCUT2D eigenvalue weighted by molar-refractivity contribution is 7.98. The summed E-state index contributed by atoms with van der Waals surface area (Å²) in [7, 11) is 1.70. The lowest BCUT2D eigenvalue weighted by Crippen LogP contribution is -2.18. The minimum atomic E-state index is 0.718. The number of hydrogen-bond donors (Lipinski definition) is 1. The molecule has 0 aliphatic carbocycles. The van der Waals surface area contributed by atoms with Crippen LogP contribution >= 0.6 is 23.1 Å². The summed E-state index contributed by atoms with van der Waals surface area (Å²) < 4.78 is 4.97. The zero-order valence-corrected chi connectivity index (χ0v) is 12.5. The van der Waals surface area contributed by atoms with Crippen molar-refractivity contribution in [3.05, 3.63) is 40.3 Å². The highest BCUT2D eigenvalue weighted by Crippen LogP contribution is 2.23. The van der Waals surface area contributed by atoms with E-state index in [1.54, 1.807) is 30.2 Å². The second kappa shape index (κ2) is 8.27. The van der Waals surface area contributed by atoms with Crippen LogP contribution < -0.4 is 5.32 Å². The van der Waals surface area contributed by atoms with Crippen LogP contribution in [0.5, 0.6) is 0 Å². The van der Waals surface area contributed by atoms with Crippen LogP contribution in [0.1, 0.15) is 10.0 Å². The van der Waals surface area contributed by atoms with Gasteiger partial charge in [-0.2, -0.15) is 0 Å². The quantitative estimate of drug-likeness (QED) is 0.599. The molecule has 0 aliphatic rings. The van der Waals surface area contributed by atoms with Gasteiger partial charge in [0.2, 0.25) is 0 Å². The van der Waals surface area contributed by atoms with E-state index >= 15 is 0 Å². The number of benzene rings is 1. The van der Waals surface area contributed by atoms with Crippen molar-refractivity contribution in [2.75, 3.05) is 20.3 Å². The molecular weight excluding hydrogens is 278 g/mol. The maximum atomic E-state index is 4.97. The molecule has 0 fully saturated rings. The molecule has 102 valence electrons. The van der Waals surface area contributed by atoms with Crippen molar-refractivity contribution in [1.29, 1.82) is 0 Å². The summed E-state index contributed by atoms with van der Waals surface area (Å²) in [6, 6.07) is 10.3. The van der Waals surface area contributed by atoms with Crippen molar-refractivity contribution in [2.24, 2.45) is 0 Å². The van der Waals surface area contributed by atoms with Crippen LogP contribution in [0.4, 0.5) is 0 Å². The molecule has 1 aromatic carbocycles. The standard InChI is InChI=1S/C13H17N3OS2/c1-17-8-7-14-9-12-15-16-13(19-12)10-18-11-5-3-2-4-6-11/h2-6,14H,7-10H2,1H3. The van der Waals surface area contributed by atoms with E-state index in [9.17, 15) is 0 Å². The molecule has 0 amide bonds. The van der Waals surface area contributed by atoms with E-state index in [0.717, 1.165) is 35.5 Å². The van der Waals surface area contributed by atoms with E-state index in [-0.39, 0.29) is 0 Å². The highest BCUT2D eigenvalue weighted by atomic mass is 32.2. The number of rotatable bonds is 8. The third-order valence-electron chi connectivity index (χ3n) is 2.37. The molecule has 2 rings (SSSR count). The van der Waals surface area contributed by atoms with Crippen molar-refractivity contribution < 1.29 is 4.74 Å². The number of methoxy groups -OCH3 is 1. The van der Waals surface area contributed by atoms with Crippen LogP contribution in [0.25, 0.3) is 0 Å². The van der Waals surface area contributed by atoms with Gasteiger partial charge in [-0.25, -0.2) is 0 Å². The molecule has 0 saturated heterocycles. The summed E-state index contributed by atoms with van der Waals surface area (Å²) in [6.45, 7) is 2.32. The Labute approximate surface area is 121 Å². The lowest BCUT2D eigenvalue weighted by Gasteiger charge is -1.99. The van der Waals surface area contributed by atoms with Crippen LogP contribution in [0, 0.1) is 0 Å². The van der Waals surface area contributed by atoms with E-state index < -0.39 is 0 Å². The number of aromatic nitrogens is 2. The molecule has 1 N–H and O–H groups in total. The van der Waals surface area contributed by atoms with E-state index in [0.29, 0.717) is 0 Å². The van der Waals surface area contributed by atoms with Crippen LogP contribution in [-0.2, 0) is 17.0 Å². The average molecular weight is 295 g/mol. The Morgan fingerprint density at radius 1 is 1.21 bits per heavy atom. The SMILES string of the molecule is COCCNCc1nnc(CSc2ccccc2)s1. The van der Waals surface area contributed by atoms with Crippen LogP contribution in [0.3, 0.4) is 0 Å². The van der Waals surface area contributed by atoms with Gasteiger partial charge < -0.3 is 10.1 Å². The van der Waals surface area contributed by atoms with Crippen LogP contribution in [-0.4, -0.2) is 30.5 Å². The number of nitrogens with one attached hydrogen (secondary N) is 1. The second-order valence-corrected chi connectivity index (χ2v) is 6.06. The Bertz CT molecular complexity index is 476. The number of ether oxygens (including phenoxy) is 1. The fourth-order valence-corrected chi connectivity index (χ4v) is 3.17. The summed E-state index contributed by atoms with van der Waals surface area (Å²) in [5.74, 6) is 0.875. The van der Waals surface area contributed by atoms with Crippen molar-refractivity contribution in [2.45, 2.75) is 17.2 Å². The number of nitrogens with zero attached hydrogens (tertiary/aromatic N) is 2. The molecule has 4 nitrogen and oxygen atoms in total. The molecule has 0 aliphatic heterocycles. The van der Waals surface area contributed by atoms with Crippen molar-refractivity contribution in [3.8, 4) is 0 Å². The average Bonchev–Trinajstić information content (AvgIpc) is 2.91. The summed E-state index contributed by atoms with van der Waals surface area (Å²) in [6.07, 6.45) is 0. The Balaban J connectivity index is 1.74. The van der Waals surface area contributed by atoms with Crippen LogP contribution in [0.2, 0.25) is 0 Å². The molecule has 0 atom stereocenters. The molecular formula is C13H17N3OS2. The maximum Gasteiger partial charge on any atom is 0.131 e. The van der Waals surface area contributed by atoms with E-state index in [2.05, 4.69) is 27.6 Å². The van der Waals surface area contributed by atoms with Gasteiger partial charge in [0.1, 0.15) is 10.0 Å². The summed E-state index contributed by atoms with van der Waals surface area (Å²) in [4.78, 5) is 1.26. The molecule has 0 spiro atoms. The van der Waals surface area contributed by atoms with Crippen LogP contribution in [0.15, 0.2) is 35.2 Å². The van der Waals surface area contributed by atoms with Crippen molar-refractivity contribution >= 4 is 23.1 Å². The molecule has 1 aromatic heterocycles. The summed E-state index contributed by atoms with van der Waals surface area (Å²) >= 11 is 3.45. The van der Waals surface area contributed by atoms with Gasteiger partial charge in [-0.3, -0.25) is 0 Å². The first-order valence-corrected chi connectivity index (χ1v) is 7.87. The third kappa shape index (κ3) is 5.28. The molecule has 0 radical (unpaired) electrons. The zero-order chi connectivity index (χ0) is 13.3. The Hall–Kier alpha value is -0.950. The maximum absolute atomic E-state index is 4.97. The predicted octanol–water partition coefficient (Wildman–Crippen LogP) is 2.57.